The second-order valence-electron chi connectivity index (χ2n) is 18.7. The summed E-state index contributed by atoms with van der Waals surface area (Å²) in [6.45, 7) is 0. The number of hydrogen-bond acceptors (Lipinski definition) is 18. The van der Waals surface area contributed by atoms with Crippen molar-refractivity contribution in [2.24, 2.45) is 30.0 Å². The Hall–Kier alpha value is -8.10. The van der Waals surface area contributed by atoms with Crippen molar-refractivity contribution in [1.82, 2.24) is 0 Å². The molecule has 0 saturated heterocycles. The van der Waals surface area contributed by atoms with Gasteiger partial charge in [0.15, 0.2) is 35.0 Å². The minimum absolute atomic E-state index is 0.455. The molecule has 0 radical (unpaired) electrons. The normalized spacial score (nSPS) is 13.4. The maximum atomic E-state index is 5.65. The predicted octanol–water partition coefficient (Wildman–Crippen LogP) is 16.6. The Balaban J connectivity index is 1.09. The van der Waals surface area contributed by atoms with E-state index in [9.17, 15) is 0 Å². The zero-order valence-corrected chi connectivity index (χ0v) is 50.8. The summed E-state index contributed by atoms with van der Waals surface area (Å²) in [4.78, 5) is 45.2. The van der Waals surface area contributed by atoms with Crippen LogP contribution in [-0.2, 0) is 0 Å². The lowest BCUT2D eigenvalue weighted by molar-refractivity contribution is 0.414. The maximum absolute atomic E-state index is 5.65. The molecule has 6 bridgehead atoms. The number of ether oxygens (including phenoxy) is 6. The van der Waals surface area contributed by atoms with E-state index in [4.69, 9.17) is 58.4 Å². The summed E-state index contributed by atoms with van der Waals surface area (Å²) < 4.78 is 33.5. The molecule has 0 saturated carbocycles. The molecule has 0 amide bonds. The third-order valence-corrected chi connectivity index (χ3v) is 20.1. The Morgan fingerprint density at radius 2 is 0.321 bits per heavy atom. The Labute approximate surface area is 511 Å². The van der Waals surface area contributed by atoms with Crippen LogP contribution in [0.5, 0.6) is 34.5 Å². The highest BCUT2D eigenvalue weighted by molar-refractivity contribution is 8.01. The van der Waals surface area contributed by atoms with Crippen LogP contribution >= 0.6 is 70.6 Å². The van der Waals surface area contributed by atoms with E-state index in [1.54, 1.807) is 113 Å². The van der Waals surface area contributed by atoms with Gasteiger partial charge >= 0.3 is 0 Å². The first-order valence-corrected chi connectivity index (χ1v) is 31.1. The smallest absolute Gasteiger partial charge is 0.166 e. The van der Waals surface area contributed by atoms with Gasteiger partial charge in [0.05, 0.1) is 42.7 Å². The van der Waals surface area contributed by atoms with Gasteiger partial charge in [-0.2, -0.15) is 0 Å². The van der Waals surface area contributed by atoms with Gasteiger partial charge in [-0.25, -0.2) is 30.0 Å². The molecule has 4 aliphatic rings. The molecule has 12 nitrogen and oxygen atoms in total. The quantitative estimate of drug-likeness (QED) is 0.0811. The van der Waals surface area contributed by atoms with Gasteiger partial charge in [-0.15, -0.1) is 0 Å². The summed E-state index contributed by atoms with van der Waals surface area (Å²) in [5.74, 6) is 7.32. The molecular formula is C66H48N6O6S6. The molecular weight excluding hydrogens is 1170 g/mol. The Kier molecular flexibility index (Phi) is 15.9. The van der Waals surface area contributed by atoms with Crippen molar-refractivity contribution in [2.75, 3.05) is 42.7 Å². The number of hydrogen-bond donors (Lipinski definition) is 0. The third kappa shape index (κ3) is 11.2. The topological polar surface area (TPSA) is 130 Å². The zero-order valence-electron chi connectivity index (χ0n) is 45.9. The molecule has 13 rings (SSSR count). The molecule has 414 valence electrons. The number of aliphatic imine (C=N–C) groups is 6. The molecule has 0 spiro atoms. The van der Waals surface area contributed by atoms with Crippen LogP contribution in [-0.4, -0.2) is 77.7 Å². The number of benzene rings is 9. The zero-order chi connectivity index (χ0) is 57.3. The maximum Gasteiger partial charge on any atom is 0.166 e. The lowest BCUT2D eigenvalue weighted by Crippen LogP contribution is -2.06. The van der Waals surface area contributed by atoms with Crippen LogP contribution in [0.15, 0.2) is 271 Å². The number of amidine groups is 6. The number of rotatable bonds is 18. The van der Waals surface area contributed by atoms with Crippen molar-refractivity contribution in [1.29, 1.82) is 0 Å². The highest BCUT2D eigenvalue weighted by atomic mass is 32.2. The van der Waals surface area contributed by atoms with Crippen molar-refractivity contribution < 1.29 is 28.4 Å². The molecule has 0 fully saturated rings. The molecule has 9 aromatic carbocycles. The van der Waals surface area contributed by atoms with Gasteiger partial charge in [-0.05, 0) is 182 Å². The minimum atomic E-state index is 0.455. The summed E-state index contributed by atoms with van der Waals surface area (Å²) in [6.07, 6.45) is 0. The van der Waals surface area contributed by atoms with Crippen LogP contribution < -0.4 is 28.4 Å². The van der Waals surface area contributed by atoms with E-state index in [0.717, 1.165) is 127 Å². The van der Waals surface area contributed by atoms with E-state index in [-0.39, 0.29) is 0 Å². The molecule has 4 heterocycles. The first kappa shape index (κ1) is 55.1. The van der Waals surface area contributed by atoms with Gasteiger partial charge in [0.2, 0.25) is 0 Å². The Bertz CT molecular complexity index is 3780. The van der Waals surface area contributed by atoms with Crippen LogP contribution in [0.2, 0.25) is 0 Å². The van der Waals surface area contributed by atoms with Gasteiger partial charge in [-0.3, -0.25) is 0 Å². The first-order chi connectivity index (χ1) is 41.2. The summed E-state index contributed by atoms with van der Waals surface area (Å²) in [6, 6.07) is 61.3. The van der Waals surface area contributed by atoms with Crippen molar-refractivity contribution in [3.63, 3.8) is 0 Å². The van der Waals surface area contributed by atoms with Gasteiger partial charge in [0, 0.05) is 92.1 Å². The molecule has 18 heteroatoms. The standard InChI is InChI=1S/C66H48N6O6S6/c1-73-37-7-19-43(20-8-37)79-49-31-32-50(80-44-21-9-38(74-2)10-22-44)56-55(49)61-67-62(56)71-64-59-53(83-47-27-15-41(77-5)16-28-47)35-36-54(84-48-29-17-42(78-6)18-30-48)60(59)66(69-64)72-65-58-52(82-46-25-13-40(76-4)14-26-46)34-33-51(57(58)63(68-65)70-61)81-45-23-11-39(75-3)12-24-45/h7-36H,1-6H3. The fourth-order valence-corrected chi connectivity index (χ4v) is 15.3. The van der Waals surface area contributed by atoms with Gasteiger partial charge in [-0.1, -0.05) is 70.6 Å². The summed E-state index contributed by atoms with van der Waals surface area (Å²) in [5, 5.41) is 0. The summed E-state index contributed by atoms with van der Waals surface area (Å²) in [7, 11) is 10.0. The molecule has 0 aromatic heterocycles. The second-order valence-corrected chi connectivity index (χ2v) is 25.4. The molecule has 9 aromatic rings. The second kappa shape index (κ2) is 24.2. The van der Waals surface area contributed by atoms with Gasteiger partial charge in [0.25, 0.3) is 0 Å². The fraction of sp³-hybridized carbons (Fsp3) is 0.0909. The van der Waals surface area contributed by atoms with Crippen LogP contribution in [0.3, 0.4) is 0 Å². The number of nitrogens with zero attached hydrogens (tertiary/aromatic N) is 6. The lowest BCUT2D eigenvalue weighted by Gasteiger charge is -2.15. The van der Waals surface area contributed by atoms with Crippen LogP contribution in [0.1, 0.15) is 33.4 Å². The van der Waals surface area contributed by atoms with E-state index in [1.807, 2.05) is 72.8 Å². The van der Waals surface area contributed by atoms with E-state index < -0.39 is 0 Å². The van der Waals surface area contributed by atoms with Gasteiger partial charge < -0.3 is 28.4 Å². The van der Waals surface area contributed by atoms with E-state index in [1.165, 1.54) is 0 Å². The highest BCUT2D eigenvalue weighted by Gasteiger charge is 2.37. The third-order valence-electron chi connectivity index (χ3n) is 13.7. The number of fused-ring (bicyclic) bond motifs is 12. The highest BCUT2D eigenvalue weighted by Crippen LogP contribution is 2.48. The largest absolute Gasteiger partial charge is 0.497 e. The minimum Gasteiger partial charge on any atom is -0.497 e. The molecule has 4 aliphatic heterocycles. The molecule has 0 unspecified atom stereocenters. The Morgan fingerprint density at radius 1 is 0.190 bits per heavy atom. The summed E-state index contributed by atoms with van der Waals surface area (Å²) >= 11 is 9.73. The Morgan fingerprint density at radius 3 is 0.440 bits per heavy atom. The van der Waals surface area contributed by atoms with E-state index >= 15 is 0 Å². The van der Waals surface area contributed by atoms with Crippen LogP contribution in [0.25, 0.3) is 0 Å². The van der Waals surface area contributed by atoms with Crippen molar-refractivity contribution in [2.45, 2.75) is 58.7 Å². The number of methoxy groups -OCH3 is 6. The average molecular weight is 1210 g/mol. The summed E-state index contributed by atoms with van der Waals surface area (Å²) in [5.41, 5.74) is 4.89. The van der Waals surface area contributed by atoms with Crippen molar-refractivity contribution >= 4 is 106 Å². The SMILES string of the molecule is COc1ccc(Sc2ccc(Sc3ccc(OC)cc3)c3c2C2=NC3=NC3=NC(=NC4=NC(=N2)c2c(Sc5ccc(OC)cc5)ccc(Sc5ccc(OC)cc5)c24)c2c(Sc4ccc(OC)cc4)ccc(Sc4ccc(OC)cc4)c23)cc1. The lowest BCUT2D eigenvalue weighted by atomic mass is 10.1. The molecule has 0 atom stereocenters. The van der Waals surface area contributed by atoms with Crippen molar-refractivity contribution in [3.8, 4) is 34.5 Å². The monoisotopic (exact) mass is 1210 g/mol. The molecule has 84 heavy (non-hydrogen) atoms. The van der Waals surface area contributed by atoms with Crippen LogP contribution in [0, 0.1) is 0 Å². The first-order valence-electron chi connectivity index (χ1n) is 26.2. The molecule has 0 aliphatic carbocycles. The fourth-order valence-electron chi connectivity index (χ4n) is 9.58. The van der Waals surface area contributed by atoms with Crippen LogP contribution in [0.4, 0.5) is 0 Å². The van der Waals surface area contributed by atoms with E-state index in [0.29, 0.717) is 35.0 Å². The van der Waals surface area contributed by atoms with Crippen molar-refractivity contribution in [3.05, 3.63) is 215 Å². The molecule has 0 N–H and O–H groups in total. The average Bonchev–Trinajstić information content (AvgIpc) is 2.04. The van der Waals surface area contributed by atoms with Gasteiger partial charge in [0.1, 0.15) is 34.5 Å². The van der Waals surface area contributed by atoms with E-state index in [2.05, 4.69) is 109 Å². The predicted molar refractivity (Wildman–Crippen MR) is 341 cm³/mol.